The van der Waals surface area contributed by atoms with E-state index in [4.69, 9.17) is 9.73 Å². The van der Waals surface area contributed by atoms with Gasteiger partial charge in [0.1, 0.15) is 11.4 Å². The van der Waals surface area contributed by atoms with Crippen molar-refractivity contribution in [2.75, 3.05) is 7.11 Å². The minimum Gasteiger partial charge on any atom is -0.494 e. The molecule has 0 radical (unpaired) electrons. The molecule has 0 aliphatic heterocycles. The molecule has 4 nitrogen and oxygen atoms in total. The maximum Gasteiger partial charge on any atom is 0.190 e. The summed E-state index contributed by atoms with van der Waals surface area (Å²) < 4.78 is 7.54. The zero-order valence-corrected chi connectivity index (χ0v) is 13.4. The Bertz CT molecular complexity index is 821. The van der Waals surface area contributed by atoms with Gasteiger partial charge in [0.25, 0.3) is 0 Å². The number of methoxy groups -OCH3 is 1. The number of hydrogen-bond acceptors (Lipinski definition) is 4. The minimum atomic E-state index is 0.712. The lowest BCUT2D eigenvalue weighted by Crippen LogP contribution is -2.17. The number of aryl methyl sites for hydroxylation is 1. The Hall–Kier alpha value is -2.40. The summed E-state index contributed by atoms with van der Waals surface area (Å²) in [6.45, 7) is 2.80. The number of ether oxygens (including phenoxy) is 1. The van der Waals surface area contributed by atoms with Crippen LogP contribution in [0.1, 0.15) is 11.4 Å². The number of para-hydroxylation sites is 2. The largest absolute Gasteiger partial charge is 0.494 e. The van der Waals surface area contributed by atoms with Gasteiger partial charge in [-0.2, -0.15) is 0 Å². The molecule has 0 bridgehead atoms. The van der Waals surface area contributed by atoms with Gasteiger partial charge in [-0.3, -0.25) is 4.98 Å². The van der Waals surface area contributed by atoms with Crippen molar-refractivity contribution < 1.29 is 4.74 Å². The van der Waals surface area contributed by atoms with Crippen LogP contribution in [0.5, 0.6) is 5.75 Å². The standard InChI is InChI=1S/C17H17N3OS/c1-13-12-22-17(19-15-8-3-4-9-16(15)21-2)20(13)11-14-7-5-6-10-18-14/h3-10,12H,11H2,1-2H3. The average molecular weight is 311 g/mol. The topological polar surface area (TPSA) is 39.4 Å². The lowest BCUT2D eigenvalue weighted by molar-refractivity contribution is 0.416. The molecule has 5 heteroatoms. The first kappa shape index (κ1) is 14.5. The minimum absolute atomic E-state index is 0.712. The van der Waals surface area contributed by atoms with E-state index in [0.29, 0.717) is 6.54 Å². The number of thiazole rings is 1. The van der Waals surface area contributed by atoms with E-state index in [1.54, 1.807) is 18.4 Å². The smallest absolute Gasteiger partial charge is 0.190 e. The fraction of sp³-hybridized carbons (Fsp3) is 0.176. The molecule has 0 atom stereocenters. The van der Waals surface area contributed by atoms with Crippen LogP contribution >= 0.6 is 11.3 Å². The second-order valence-electron chi connectivity index (χ2n) is 4.85. The third-order valence-corrected chi connectivity index (χ3v) is 4.32. The van der Waals surface area contributed by atoms with Crippen molar-refractivity contribution >= 4 is 17.0 Å². The molecule has 0 fully saturated rings. The van der Waals surface area contributed by atoms with Gasteiger partial charge in [0, 0.05) is 17.3 Å². The van der Waals surface area contributed by atoms with Gasteiger partial charge in [-0.25, -0.2) is 4.99 Å². The summed E-state index contributed by atoms with van der Waals surface area (Å²) in [5.74, 6) is 0.776. The molecule has 0 spiro atoms. The summed E-state index contributed by atoms with van der Waals surface area (Å²) in [6, 6.07) is 13.7. The van der Waals surface area contributed by atoms with Crippen molar-refractivity contribution in [3.05, 3.63) is 70.2 Å². The molecule has 2 heterocycles. The molecular weight excluding hydrogens is 294 g/mol. The maximum absolute atomic E-state index is 5.37. The first-order valence-electron chi connectivity index (χ1n) is 7.00. The van der Waals surface area contributed by atoms with Gasteiger partial charge >= 0.3 is 0 Å². The number of nitrogens with zero attached hydrogens (tertiary/aromatic N) is 3. The Balaban J connectivity index is 2.03. The molecular formula is C17H17N3OS. The van der Waals surface area contributed by atoms with Crippen LogP contribution in [0, 0.1) is 6.92 Å². The molecule has 0 aliphatic rings. The van der Waals surface area contributed by atoms with Gasteiger partial charge in [0.05, 0.1) is 19.3 Å². The quantitative estimate of drug-likeness (QED) is 0.739. The second-order valence-corrected chi connectivity index (χ2v) is 5.69. The van der Waals surface area contributed by atoms with E-state index >= 15 is 0 Å². The van der Waals surface area contributed by atoms with Crippen molar-refractivity contribution in [1.29, 1.82) is 0 Å². The summed E-state index contributed by atoms with van der Waals surface area (Å²) in [5.41, 5.74) is 3.02. The van der Waals surface area contributed by atoms with Crippen LogP contribution in [0.25, 0.3) is 0 Å². The Labute approximate surface area is 133 Å². The van der Waals surface area contributed by atoms with Gasteiger partial charge in [0.2, 0.25) is 0 Å². The van der Waals surface area contributed by atoms with E-state index < -0.39 is 0 Å². The van der Waals surface area contributed by atoms with Crippen LogP contribution in [0.2, 0.25) is 0 Å². The van der Waals surface area contributed by atoms with E-state index in [9.17, 15) is 0 Å². The van der Waals surface area contributed by atoms with Gasteiger partial charge in [0.15, 0.2) is 4.80 Å². The predicted octanol–water partition coefficient (Wildman–Crippen LogP) is 3.54. The normalized spacial score (nSPS) is 11.6. The van der Waals surface area contributed by atoms with Crippen LogP contribution in [0.15, 0.2) is 59.0 Å². The predicted molar refractivity (Wildman–Crippen MR) is 88.6 cm³/mol. The van der Waals surface area contributed by atoms with E-state index in [1.165, 1.54) is 5.69 Å². The summed E-state index contributed by atoms with van der Waals surface area (Å²) >= 11 is 1.62. The number of rotatable bonds is 4. The monoisotopic (exact) mass is 311 g/mol. The van der Waals surface area contributed by atoms with Crippen molar-refractivity contribution in [1.82, 2.24) is 9.55 Å². The Morgan fingerprint density at radius 2 is 2.00 bits per heavy atom. The third kappa shape index (κ3) is 3.09. The highest BCUT2D eigenvalue weighted by molar-refractivity contribution is 7.07. The van der Waals surface area contributed by atoms with Crippen molar-refractivity contribution in [2.45, 2.75) is 13.5 Å². The fourth-order valence-electron chi connectivity index (χ4n) is 2.17. The summed E-state index contributed by atoms with van der Waals surface area (Å²) in [7, 11) is 1.66. The van der Waals surface area contributed by atoms with Crippen LogP contribution in [-0.4, -0.2) is 16.7 Å². The van der Waals surface area contributed by atoms with Gasteiger partial charge in [-0.15, -0.1) is 11.3 Å². The molecule has 0 N–H and O–H groups in total. The van der Waals surface area contributed by atoms with Crippen LogP contribution < -0.4 is 9.54 Å². The van der Waals surface area contributed by atoms with Crippen LogP contribution in [0.3, 0.4) is 0 Å². The highest BCUT2D eigenvalue weighted by Gasteiger charge is 2.05. The third-order valence-electron chi connectivity index (χ3n) is 3.34. The lowest BCUT2D eigenvalue weighted by Gasteiger charge is -2.06. The average Bonchev–Trinajstić information content (AvgIpc) is 2.89. The maximum atomic E-state index is 5.37. The number of hydrogen-bond donors (Lipinski definition) is 0. The second kappa shape index (κ2) is 6.58. The SMILES string of the molecule is COc1ccccc1N=c1scc(C)n1Cc1ccccn1. The van der Waals surface area contributed by atoms with E-state index in [0.717, 1.165) is 21.9 Å². The highest BCUT2D eigenvalue weighted by Crippen LogP contribution is 2.25. The lowest BCUT2D eigenvalue weighted by atomic mass is 10.3. The molecule has 0 saturated heterocycles. The van der Waals surface area contributed by atoms with Gasteiger partial charge in [-0.05, 0) is 31.2 Å². The summed E-state index contributed by atoms with van der Waals surface area (Å²) in [4.78, 5) is 10.1. The first-order valence-corrected chi connectivity index (χ1v) is 7.88. The van der Waals surface area contributed by atoms with Crippen LogP contribution in [-0.2, 0) is 6.54 Å². The van der Waals surface area contributed by atoms with Crippen LogP contribution in [0.4, 0.5) is 5.69 Å². The Morgan fingerprint density at radius 3 is 2.77 bits per heavy atom. The first-order chi connectivity index (χ1) is 10.8. The molecule has 22 heavy (non-hydrogen) atoms. The molecule has 1 aromatic carbocycles. The Morgan fingerprint density at radius 1 is 1.18 bits per heavy atom. The molecule has 3 rings (SSSR count). The van der Waals surface area contributed by atoms with Crippen molar-refractivity contribution in [2.24, 2.45) is 4.99 Å². The molecule has 3 aromatic rings. The molecule has 0 aliphatic carbocycles. The Kier molecular flexibility index (Phi) is 4.34. The zero-order chi connectivity index (χ0) is 15.4. The molecule has 0 unspecified atom stereocenters. The fourth-order valence-corrected chi connectivity index (χ4v) is 3.06. The van der Waals surface area contributed by atoms with Crippen molar-refractivity contribution in [3.63, 3.8) is 0 Å². The molecule has 2 aromatic heterocycles. The van der Waals surface area contributed by atoms with Crippen molar-refractivity contribution in [3.8, 4) is 5.75 Å². The molecule has 0 saturated carbocycles. The molecule has 112 valence electrons. The summed E-state index contributed by atoms with van der Waals surface area (Å²) in [5, 5.41) is 2.11. The molecule has 0 amide bonds. The summed E-state index contributed by atoms with van der Waals surface area (Å²) in [6.07, 6.45) is 1.81. The van der Waals surface area contributed by atoms with Gasteiger partial charge < -0.3 is 9.30 Å². The van der Waals surface area contributed by atoms with E-state index in [-0.39, 0.29) is 0 Å². The highest BCUT2D eigenvalue weighted by atomic mass is 32.1. The van der Waals surface area contributed by atoms with Gasteiger partial charge in [-0.1, -0.05) is 18.2 Å². The number of pyridine rings is 1. The van der Waals surface area contributed by atoms with E-state index in [1.807, 2.05) is 48.7 Å². The number of benzene rings is 1. The number of aromatic nitrogens is 2. The van der Waals surface area contributed by atoms with E-state index in [2.05, 4.69) is 21.9 Å². The zero-order valence-electron chi connectivity index (χ0n) is 12.6.